The molecular formula is C17H18ClFN6O. The summed E-state index contributed by atoms with van der Waals surface area (Å²) in [4.78, 5) is 8.48. The summed E-state index contributed by atoms with van der Waals surface area (Å²) in [5, 5.41) is 19.7. The molecule has 0 saturated heterocycles. The van der Waals surface area contributed by atoms with E-state index in [1.165, 1.54) is 18.3 Å². The molecule has 1 atom stereocenters. The Labute approximate surface area is 154 Å². The van der Waals surface area contributed by atoms with Gasteiger partial charge in [-0.3, -0.25) is 4.68 Å². The average Bonchev–Trinajstić information content (AvgIpc) is 3.05. The monoisotopic (exact) mass is 376 g/mol. The number of aliphatic hydroxyl groups excluding tert-OH is 1. The highest BCUT2D eigenvalue weighted by atomic mass is 35.5. The van der Waals surface area contributed by atoms with Crippen LogP contribution < -0.4 is 10.6 Å². The third-order valence-electron chi connectivity index (χ3n) is 3.66. The lowest BCUT2D eigenvalue weighted by Gasteiger charge is -2.16. The van der Waals surface area contributed by atoms with Gasteiger partial charge in [-0.1, -0.05) is 23.7 Å². The fourth-order valence-corrected chi connectivity index (χ4v) is 2.51. The Hall–Kier alpha value is -2.71. The molecule has 3 N–H and O–H groups in total. The number of hydrogen-bond donors (Lipinski definition) is 3. The Bertz CT molecular complexity index is 887. The van der Waals surface area contributed by atoms with E-state index in [-0.39, 0.29) is 18.5 Å². The van der Waals surface area contributed by atoms with Crippen molar-refractivity contribution >= 4 is 29.2 Å². The van der Waals surface area contributed by atoms with Gasteiger partial charge in [-0.05, 0) is 24.6 Å². The number of benzene rings is 1. The maximum atomic E-state index is 13.4. The molecular weight excluding hydrogens is 359 g/mol. The molecule has 0 aliphatic carbocycles. The van der Waals surface area contributed by atoms with E-state index in [1.54, 1.807) is 23.0 Å². The number of rotatable bonds is 7. The number of nitrogens with zero attached hydrogens (tertiary/aromatic N) is 4. The van der Waals surface area contributed by atoms with Gasteiger partial charge in [0.15, 0.2) is 11.6 Å². The summed E-state index contributed by atoms with van der Waals surface area (Å²) in [6.07, 6.45) is 3.21. The van der Waals surface area contributed by atoms with Crippen LogP contribution in [0.4, 0.5) is 22.0 Å². The zero-order valence-corrected chi connectivity index (χ0v) is 14.8. The van der Waals surface area contributed by atoms with E-state index in [4.69, 9.17) is 16.7 Å². The number of halogens is 2. The van der Waals surface area contributed by atoms with Gasteiger partial charge in [0.1, 0.15) is 10.8 Å². The molecule has 3 rings (SSSR count). The van der Waals surface area contributed by atoms with Gasteiger partial charge in [-0.25, -0.2) is 9.37 Å². The number of aliphatic hydroxyl groups is 1. The van der Waals surface area contributed by atoms with Crippen LogP contribution in [0.25, 0.3) is 0 Å². The number of nitrogens with one attached hydrogen (secondary N) is 2. The van der Waals surface area contributed by atoms with Crippen LogP contribution >= 0.6 is 11.6 Å². The maximum Gasteiger partial charge on any atom is 0.230 e. The molecule has 1 aromatic carbocycles. The largest absolute Gasteiger partial charge is 0.394 e. The SMILES string of the molecule is CC(Nc1nc(Nc2ccn(CCO)n2)ncc1Cl)c1cccc(F)c1. The molecule has 9 heteroatoms. The fourth-order valence-electron chi connectivity index (χ4n) is 2.36. The van der Waals surface area contributed by atoms with Crippen LogP contribution in [0.15, 0.2) is 42.7 Å². The molecule has 7 nitrogen and oxygen atoms in total. The molecule has 136 valence electrons. The quantitative estimate of drug-likeness (QED) is 0.586. The predicted octanol–water partition coefficient (Wildman–Crippen LogP) is 3.37. The van der Waals surface area contributed by atoms with Crippen molar-refractivity contribution in [1.82, 2.24) is 19.7 Å². The van der Waals surface area contributed by atoms with Crippen LogP contribution in [-0.2, 0) is 6.54 Å². The van der Waals surface area contributed by atoms with Crippen LogP contribution in [0.3, 0.4) is 0 Å². The summed E-state index contributed by atoms with van der Waals surface area (Å²) in [5.41, 5.74) is 0.775. The van der Waals surface area contributed by atoms with E-state index in [2.05, 4.69) is 25.7 Å². The third-order valence-corrected chi connectivity index (χ3v) is 3.93. The van der Waals surface area contributed by atoms with Crippen LogP contribution in [0, 0.1) is 5.82 Å². The Morgan fingerprint density at radius 3 is 2.96 bits per heavy atom. The molecule has 26 heavy (non-hydrogen) atoms. The lowest BCUT2D eigenvalue weighted by molar-refractivity contribution is 0.269. The average molecular weight is 377 g/mol. The third kappa shape index (κ3) is 4.47. The molecule has 0 fully saturated rings. The molecule has 0 amide bonds. The van der Waals surface area contributed by atoms with Crippen LogP contribution in [0.1, 0.15) is 18.5 Å². The van der Waals surface area contributed by atoms with Gasteiger partial charge in [-0.15, -0.1) is 0 Å². The minimum absolute atomic E-state index is 0.00457. The van der Waals surface area contributed by atoms with E-state index in [0.29, 0.717) is 29.2 Å². The normalized spacial score (nSPS) is 12.0. The van der Waals surface area contributed by atoms with Crippen molar-refractivity contribution in [3.8, 4) is 0 Å². The first kappa shape index (κ1) is 18.1. The Kier molecular flexibility index (Phi) is 5.65. The van der Waals surface area contributed by atoms with E-state index in [9.17, 15) is 4.39 Å². The maximum absolute atomic E-state index is 13.4. The zero-order chi connectivity index (χ0) is 18.5. The molecule has 0 aliphatic rings. The number of aromatic nitrogens is 4. The van der Waals surface area contributed by atoms with Crippen LogP contribution in [0.2, 0.25) is 5.02 Å². The molecule has 0 spiro atoms. The van der Waals surface area contributed by atoms with Crippen molar-refractivity contribution < 1.29 is 9.50 Å². The number of hydrogen-bond acceptors (Lipinski definition) is 6. The van der Waals surface area contributed by atoms with E-state index >= 15 is 0 Å². The Morgan fingerprint density at radius 1 is 1.35 bits per heavy atom. The topological polar surface area (TPSA) is 87.9 Å². The van der Waals surface area contributed by atoms with Crippen molar-refractivity contribution in [2.45, 2.75) is 19.5 Å². The molecule has 2 aromatic heterocycles. The second-order valence-electron chi connectivity index (χ2n) is 5.62. The minimum atomic E-state index is -0.300. The minimum Gasteiger partial charge on any atom is -0.394 e. The molecule has 1 unspecified atom stereocenters. The summed E-state index contributed by atoms with van der Waals surface area (Å²) >= 11 is 6.17. The molecule has 2 heterocycles. The van der Waals surface area contributed by atoms with Gasteiger partial charge in [0.05, 0.1) is 25.4 Å². The van der Waals surface area contributed by atoms with Gasteiger partial charge in [0, 0.05) is 12.3 Å². The summed E-state index contributed by atoms with van der Waals surface area (Å²) in [7, 11) is 0. The van der Waals surface area contributed by atoms with Crippen molar-refractivity contribution in [1.29, 1.82) is 0 Å². The summed E-state index contributed by atoms with van der Waals surface area (Å²) in [6, 6.07) is 7.87. The molecule has 0 bridgehead atoms. The van der Waals surface area contributed by atoms with Crippen LogP contribution in [0.5, 0.6) is 0 Å². The zero-order valence-electron chi connectivity index (χ0n) is 14.0. The summed E-state index contributed by atoms with van der Waals surface area (Å²) < 4.78 is 15.0. The van der Waals surface area contributed by atoms with Crippen molar-refractivity contribution in [2.75, 3.05) is 17.2 Å². The molecule has 0 aliphatic heterocycles. The highest BCUT2D eigenvalue weighted by molar-refractivity contribution is 6.32. The molecule has 3 aromatic rings. The van der Waals surface area contributed by atoms with E-state index < -0.39 is 0 Å². The highest BCUT2D eigenvalue weighted by Crippen LogP contribution is 2.25. The van der Waals surface area contributed by atoms with Crippen molar-refractivity contribution in [2.24, 2.45) is 0 Å². The number of anilines is 3. The standard InChI is InChI=1S/C17H18ClFN6O/c1-11(12-3-2-4-13(19)9-12)21-16-14(18)10-20-17(23-16)22-15-5-6-25(24-15)7-8-26/h2-6,9-11,26H,7-8H2,1H3,(H2,20,21,22,23,24). The van der Waals surface area contributed by atoms with Crippen LogP contribution in [-0.4, -0.2) is 31.5 Å². The Balaban J connectivity index is 1.74. The van der Waals surface area contributed by atoms with E-state index in [0.717, 1.165) is 5.56 Å². The van der Waals surface area contributed by atoms with Gasteiger partial charge >= 0.3 is 0 Å². The summed E-state index contributed by atoms with van der Waals surface area (Å²) in [6.45, 7) is 2.29. The lowest BCUT2D eigenvalue weighted by atomic mass is 10.1. The molecule has 0 saturated carbocycles. The fraction of sp³-hybridized carbons (Fsp3) is 0.235. The second-order valence-corrected chi connectivity index (χ2v) is 6.03. The van der Waals surface area contributed by atoms with Crippen molar-refractivity contribution in [3.63, 3.8) is 0 Å². The lowest BCUT2D eigenvalue weighted by Crippen LogP contribution is -2.10. The van der Waals surface area contributed by atoms with E-state index in [1.807, 2.05) is 13.0 Å². The van der Waals surface area contributed by atoms with Gasteiger partial charge in [0.25, 0.3) is 0 Å². The highest BCUT2D eigenvalue weighted by Gasteiger charge is 2.12. The first-order chi connectivity index (χ1) is 12.5. The first-order valence-corrected chi connectivity index (χ1v) is 8.39. The second kappa shape index (κ2) is 8.11. The summed E-state index contributed by atoms with van der Waals surface area (Å²) in [5.74, 6) is 0.990. The smallest absolute Gasteiger partial charge is 0.230 e. The molecule has 0 radical (unpaired) electrons. The van der Waals surface area contributed by atoms with Gasteiger partial charge < -0.3 is 15.7 Å². The van der Waals surface area contributed by atoms with Crippen molar-refractivity contribution in [3.05, 3.63) is 59.1 Å². The van der Waals surface area contributed by atoms with Gasteiger partial charge in [0.2, 0.25) is 5.95 Å². The first-order valence-electron chi connectivity index (χ1n) is 8.01. The van der Waals surface area contributed by atoms with Gasteiger partial charge in [-0.2, -0.15) is 10.1 Å². The predicted molar refractivity (Wildman–Crippen MR) is 98.1 cm³/mol. The Morgan fingerprint density at radius 2 is 2.19 bits per heavy atom.